The second kappa shape index (κ2) is 9.16. The summed E-state index contributed by atoms with van der Waals surface area (Å²) in [4.78, 5) is 36.6. The highest BCUT2D eigenvalue weighted by molar-refractivity contribution is 9.10. The van der Waals surface area contributed by atoms with Crippen LogP contribution < -0.4 is 10.6 Å². The Hall–Kier alpha value is -3.46. The molecule has 3 aromatic rings. The molecule has 0 aliphatic heterocycles. The number of benzene rings is 2. The molecule has 1 unspecified atom stereocenters. The topological polar surface area (TPSA) is 113 Å². The van der Waals surface area contributed by atoms with E-state index in [1.54, 1.807) is 30.3 Å². The number of ether oxygens (including phenoxy) is 1. The van der Waals surface area contributed by atoms with Crippen molar-refractivity contribution in [1.82, 2.24) is 20.8 Å². The number of carbonyl (C=O) groups excluding carboxylic acids is 3. The summed E-state index contributed by atoms with van der Waals surface area (Å²) in [7, 11) is 1.38. The Balaban J connectivity index is 1.80. The molecule has 9 heteroatoms. The third kappa shape index (κ3) is 5.08. The van der Waals surface area contributed by atoms with Gasteiger partial charge in [-0.25, -0.2) is 9.59 Å². The fourth-order valence-corrected chi connectivity index (χ4v) is 2.77. The highest BCUT2D eigenvalue weighted by Crippen LogP contribution is 2.23. The van der Waals surface area contributed by atoms with Crippen molar-refractivity contribution in [2.75, 3.05) is 7.05 Å². The van der Waals surface area contributed by atoms with E-state index in [4.69, 9.17) is 4.74 Å². The predicted octanol–water partition coefficient (Wildman–Crippen LogP) is 3.19. The highest BCUT2D eigenvalue weighted by atomic mass is 79.9. The van der Waals surface area contributed by atoms with Crippen molar-refractivity contribution in [3.05, 3.63) is 76.4 Å². The van der Waals surface area contributed by atoms with E-state index >= 15 is 0 Å². The molecule has 3 amide bonds. The van der Waals surface area contributed by atoms with Crippen LogP contribution in [-0.2, 0) is 9.53 Å². The number of rotatable bonds is 5. The van der Waals surface area contributed by atoms with Crippen molar-refractivity contribution in [2.45, 2.75) is 6.10 Å². The van der Waals surface area contributed by atoms with E-state index in [1.165, 1.54) is 13.1 Å². The Morgan fingerprint density at radius 1 is 1.07 bits per heavy atom. The third-order valence-corrected chi connectivity index (χ3v) is 4.50. The van der Waals surface area contributed by atoms with Gasteiger partial charge >= 0.3 is 12.0 Å². The summed E-state index contributed by atoms with van der Waals surface area (Å²) in [6, 6.07) is 16.7. The van der Waals surface area contributed by atoms with Gasteiger partial charge in [0.15, 0.2) is 0 Å². The van der Waals surface area contributed by atoms with Crippen LogP contribution in [0.25, 0.3) is 11.3 Å². The van der Waals surface area contributed by atoms with Gasteiger partial charge in [0, 0.05) is 22.6 Å². The molecule has 1 heterocycles. The molecule has 0 fully saturated rings. The van der Waals surface area contributed by atoms with Crippen LogP contribution in [0.5, 0.6) is 0 Å². The van der Waals surface area contributed by atoms with Crippen LogP contribution in [0.4, 0.5) is 4.79 Å². The monoisotopic (exact) mass is 456 g/mol. The van der Waals surface area contributed by atoms with Crippen LogP contribution in [0, 0.1) is 0 Å². The maximum absolute atomic E-state index is 12.6. The van der Waals surface area contributed by atoms with Crippen LogP contribution in [0.15, 0.2) is 65.1 Å². The van der Waals surface area contributed by atoms with Gasteiger partial charge in [-0.15, -0.1) is 0 Å². The number of carbonyl (C=O) groups is 3. The number of aromatic amines is 1. The van der Waals surface area contributed by atoms with Crippen molar-refractivity contribution in [1.29, 1.82) is 0 Å². The molecule has 1 aromatic heterocycles. The minimum Gasteiger partial charge on any atom is -0.443 e. The molecule has 0 bridgehead atoms. The lowest BCUT2D eigenvalue weighted by atomic mass is 10.1. The number of aromatic nitrogens is 2. The van der Waals surface area contributed by atoms with Gasteiger partial charge < -0.3 is 10.1 Å². The van der Waals surface area contributed by atoms with E-state index in [-0.39, 0.29) is 5.69 Å². The molecule has 0 saturated heterocycles. The average Bonchev–Trinajstić information content (AvgIpc) is 3.23. The van der Waals surface area contributed by atoms with Crippen molar-refractivity contribution in [3.63, 3.8) is 0 Å². The number of H-pyrrole nitrogens is 1. The molecular formula is C20H17BrN4O4. The number of nitrogens with zero attached hydrogens (tertiary/aromatic N) is 1. The third-order valence-electron chi connectivity index (χ3n) is 3.97. The van der Waals surface area contributed by atoms with Gasteiger partial charge in [0.05, 0.1) is 5.69 Å². The zero-order chi connectivity index (χ0) is 20.8. The fraction of sp³-hybridized carbons (Fsp3) is 0.100. The first kappa shape index (κ1) is 20.3. The molecule has 0 saturated carbocycles. The van der Waals surface area contributed by atoms with E-state index in [0.29, 0.717) is 11.3 Å². The van der Waals surface area contributed by atoms with Crippen molar-refractivity contribution in [2.24, 2.45) is 0 Å². The number of urea groups is 1. The predicted molar refractivity (Wildman–Crippen MR) is 109 cm³/mol. The van der Waals surface area contributed by atoms with Crippen LogP contribution in [0.1, 0.15) is 22.2 Å². The molecule has 0 radical (unpaired) electrons. The minimum absolute atomic E-state index is 0.0802. The first-order chi connectivity index (χ1) is 14.0. The Kier molecular flexibility index (Phi) is 6.40. The lowest BCUT2D eigenvalue weighted by molar-refractivity contribution is -0.129. The first-order valence-electron chi connectivity index (χ1n) is 8.58. The summed E-state index contributed by atoms with van der Waals surface area (Å²) >= 11 is 3.36. The molecule has 3 rings (SSSR count). The van der Waals surface area contributed by atoms with E-state index in [9.17, 15) is 14.4 Å². The normalized spacial score (nSPS) is 11.4. The SMILES string of the molecule is CNC(=O)NC(=O)C(OC(=O)c1cc(-c2ccc(Br)cc2)n[nH]1)c1ccccc1. The van der Waals surface area contributed by atoms with Gasteiger partial charge in [0.2, 0.25) is 6.10 Å². The molecule has 2 aromatic carbocycles. The van der Waals surface area contributed by atoms with Crippen LogP contribution in [-0.4, -0.2) is 35.2 Å². The number of imide groups is 1. The van der Waals surface area contributed by atoms with E-state index < -0.39 is 24.0 Å². The lowest BCUT2D eigenvalue weighted by Gasteiger charge is -2.17. The van der Waals surface area contributed by atoms with Gasteiger partial charge in [0.25, 0.3) is 5.91 Å². The standard InChI is InChI=1S/C20H17BrN4O4/c1-22-20(28)23-18(26)17(13-5-3-2-4-6-13)29-19(27)16-11-15(24-25-16)12-7-9-14(21)10-8-12/h2-11,17H,1H3,(H,24,25)(H2,22,23,26,28). The summed E-state index contributed by atoms with van der Waals surface area (Å²) in [5.74, 6) is -1.54. The van der Waals surface area contributed by atoms with Gasteiger partial charge in [-0.1, -0.05) is 58.4 Å². The molecule has 148 valence electrons. The maximum Gasteiger partial charge on any atom is 0.357 e. The number of amides is 3. The van der Waals surface area contributed by atoms with Crippen LogP contribution >= 0.6 is 15.9 Å². The molecule has 0 aliphatic carbocycles. The minimum atomic E-state index is -1.31. The van der Waals surface area contributed by atoms with Crippen molar-refractivity contribution in [3.8, 4) is 11.3 Å². The zero-order valence-electron chi connectivity index (χ0n) is 15.3. The molecule has 0 aliphatic rings. The van der Waals surface area contributed by atoms with Gasteiger partial charge in [-0.05, 0) is 18.2 Å². The Labute approximate surface area is 174 Å². The Morgan fingerprint density at radius 3 is 2.41 bits per heavy atom. The molecular weight excluding hydrogens is 440 g/mol. The maximum atomic E-state index is 12.6. The van der Waals surface area contributed by atoms with E-state index in [1.807, 2.05) is 24.3 Å². The van der Waals surface area contributed by atoms with Gasteiger partial charge in [-0.2, -0.15) is 5.10 Å². The largest absolute Gasteiger partial charge is 0.443 e. The number of nitrogens with one attached hydrogen (secondary N) is 3. The van der Waals surface area contributed by atoms with Gasteiger partial charge in [0.1, 0.15) is 5.69 Å². The second-order valence-corrected chi connectivity index (χ2v) is 6.85. The quantitative estimate of drug-likeness (QED) is 0.510. The molecule has 0 spiro atoms. The summed E-state index contributed by atoms with van der Waals surface area (Å²) < 4.78 is 6.31. The van der Waals surface area contributed by atoms with Crippen molar-refractivity contribution < 1.29 is 19.1 Å². The summed E-state index contributed by atoms with van der Waals surface area (Å²) in [6.45, 7) is 0. The Bertz CT molecular complexity index is 1020. The molecule has 8 nitrogen and oxygen atoms in total. The average molecular weight is 457 g/mol. The molecule has 3 N–H and O–H groups in total. The first-order valence-corrected chi connectivity index (χ1v) is 9.37. The summed E-state index contributed by atoms with van der Waals surface area (Å²) in [5.41, 5.74) is 1.86. The van der Waals surface area contributed by atoms with E-state index in [2.05, 4.69) is 36.8 Å². The number of halogens is 1. The van der Waals surface area contributed by atoms with E-state index in [0.717, 1.165) is 10.0 Å². The lowest BCUT2D eigenvalue weighted by Crippen LogP contribution is -2.41. The smallest absolute Gasteiger partial charge is 0.357 e. The molecule has 1 atom stereocenters. The zero-order valence-corrected chi connectivity index (χ0v) is 16.9. The fourth-order valence-electron chi connectivity index (χ4n) is 2.51. The van der Waals surface area contributed by atoms with Crippen molar-refractivity contribution >= 4 is 33.8 Å². The summed E-state index contributed by atoms with van der Waals surface area (Å²) in [5, 5.41) is 11.1. The number of esters is 1. The molecule has 29 heavy (non-hydrogen) atoms. The van der Waals surface area contributed by atoms with Crippen LogP contribution in [0.2, 0.25) is 0 Å². The van der Waals surface area contributed by atoms with Gasteiger partial charge in [-0.3, -0.25) is 15.2 Å². The highest BCUT2D eigenvalue weighted by Gasteiger charge is 2.27. The summed E-state index contributed by atoms with van der Waals surface area (Å²) in [6.07, 6.45) is -1.31. The Morgan fingerprint density at radius 2 is 1.76 bits per heavy atom. The second-order valence-electron chi connectivity index (χ2n) is 5.94. The number of hydrogen-bond donors (Lipinski definition) is 3. The number of hydrogen-bond acceptors (Lipinski definition) is 5. The van der Waals surface area contributed by atoms with Crippen LogP contribution in [0.3, 0.4) is 0 Å².